The minimum absolute atomic E-state index is 0.153. The Kier molecular flexibility index (Phi) is 4.41. The highest BCUT2D eigenvalue weighted by atomic mass is 16.5. The summed E-state index contributed by atoms with van der Waals surface area (Å²) in [6, 6.07) is 6.52. The number of imide groups is 1. The van der Waals surface area contributed by atoms with E-state index in [4.69, 9.17) is 9.84 Å². The third-order valence-corrected chi connectivity index (χ3v) is 6.79. The molecular weight excluding hydrogens is 390 g/mol. The number of benzene rings is 1. The highest BCUT2D eigenvalue weighted by Crippen LogP contribution is 2.53. The van der Waals surface area contributed by atoms with Crippen LogP contribution in [0.25, 0.3) is 0 Å². The van der Waals surface area contributed by atoms with Gasteiger partial charge < -0.3 is 15.2 Å². The summed E-state index contributed by atoms with van der Waals surface area (Å²) in [7, 11) is 0. The van der Waals surface area contributed by atoms with Gasteiger partial charge in [-0.25, -0.2) is 0 Å². The standard InChI is InChI=1S/C21H23N3O6/c25-15(26)8-7-14-16-17(19(28)24(18(16)27)10-11-4-3-9-30-11)21(23-14)12-5-1-2-6-13(12)22-20(21)29/h1-2,5-6,11,14,16-17,23H,3-4,7-10H2,(H,22,29)(H,25,26)/t11?,14-,16-,17+,21+/m0/s1. The Labute approximate surface area is 172 Å². The molecule has 3 fully saturated rings. The van der Waals surface area contributed by atoms with Crippen LogP contribution in [0.15, 0.2) is 24.3 Å². The number of rotatable bonds is 5. The molecule has 4 aliphatic rings. The van der Waals surface area contributed by atoms with Crippen molar-refractivity contribution < 1.29 is 29.0 Å². The van der Waals surface area contributed by atoms with Gasteiger partial charge in [0.15, 0.2) is 0 Å². The number of likely N-dealkylation sites (tertiary alicyclic amines) is 1. The zero-order valence-electron chi connectivity index (χ0n) is 16.3. The predicted octanol–water partition coefficient (Wildman–Crippen LogP) is 0.451. The number of para-hydroxylation sites is 1. The molecule has 1 unspecified atom stereocenters. The number of hydrogen-bond acceptors (Lipinski definition) is 6. The van der Waals surface area contributed by atoms with Gasteiger partial charge in [-0.05, 0) is 25.3 Å². The van der Waals surface area contributed by atoms with Crippen LogP contribution in [0.2, 0.25) is 0 Å². The molecule has 0 aliphatic carbocycles. The molecule has 1 aromatic carbocycles. The van der Waals surface area contributed by atoms with E-state index in [9.17, 15) is 19.2 Å². The van der Waals surface area contributed by atoms with E-state index >= 15 is 0 Å². The minimum atomic E-state index is -1.37. The zero-order chi connectivity index (χ0) is 21.0. The Bertz CT molecular complexity index is 942. The molecule has 158 valence electrons. The summed E-state index contributed by atoms with van der Waals surface area (Å²) in [5, 5.41) is 15.2. The molecule has 0 aromatic heterocycles. The molecule has 1 spiro atoms. The van der Waals surface area contributed by atoms with Crippen LogP contribution >= 0.6 is 0 Å². The third kappa shape index (κ3) is 2.61. The fourth-order valence-corrected chi connectivity index (χ4v) is 5.52. The van der Waals surface area contributed by atoms with Crippen molar-refractivity contribution in [3.63, 3.8) is 0 Å². The summed E-state index contributed by atoms with van der Waals surface area (Å²) in [6.07, 6.45) is 1.47. The number of amides is 3. The molecule has 4 aliphatic heterocycles. The van der Waals surface area contributed by atoms with Crippen LogP contribution in [-0.4, -0.2) is 59.0 Å². The lowest BCUT2D eigenvalue weighted by atomic mass is 9.76. The van der Waals surface area contributed by atoms with Crippen molar-refractivity contribution in [2.75, 3.05) is 18.5 Å². The summed E-state index contributed by atoms with van der Waals surface area (Å²) in [5.41, 5.74) is -0.143. The average Bonchev–Trinajstić information content (AvgIpc) is 3.46. The summed E-state index contributed by atoms with van der Waals surface area (Å²) >= 11 is 0. The molecule has 9 heteroatoms. The van der Waals surface area contributed by atoms with Crippen molar-refractivity contribution in [2.45, 2.75) is 43.4 Å². The van der Waals surface area contributed by atoms with E-state index in [-0.39, 0.29) is 37.3 Å². The highest BCUT2D eigenvalue weighted by molar-refractivity contribution is 6.15. The van der Waals surface area contributed by atoms with Gasteiger partial charge in [-0.3, -0.25) is 29.4 Å². The molecule has 4 heterocycles. The Hall–Kier alpha value is -2.78. The molecule has 0 bridgehead atoms. The summed E-state index contributed by atoms with van der Waals surface area (Å²) in [5.74, 6) is -3.80. The monoisotopic (exact) mass is 413 g/mol. The Morgan fingerprint density at radius 1 is 1.23 bits per heavy atom. The molecule has 9 nitrogen and oxygen atoms in total. The largest absolute Gasteiger partial charge is 0.481 e. The fourth-order valence-electron chi connectivity index (χ4n) is 5.52. The van der Waals surface area contributed by atoms with Crippen LogP contribution in [0.4, 0.5) is 5.69 Å². The number of carbonyl (C=O) groups excluding carboxylic acids is 3. The second-order valence-corrected chi connectivity index (χ2v) is 8.42. The van der Waals surface area contributed by atoms with E-state index < -0.39 is 35.3 Å². The highest BCUT2D eigenvalue weighted by Gasteiger charge is 2.70. The molecule has 30 heavy (non-hydrogen) atoms. The van der Waals surface area contributed by atoms with E-state index in [0.29, 0.717) is 17.9 Å². The molecular formula is C21H23N3O6. The summed E-state index contributed by atoms with van der Waals surface area (Å²) in [6.45, 7) is 0.784. The smallest absolute Gasteiger partial charge is 0.303 e. The lowest BCUT2D eigenvalue weighted by Gasteiger charge is -2.30. The molecule has 0 saturated carbocycles. The number of anilines is 1. The van der Waals surface area contributed by atoms with Gasteiger partial charge in [-0.1, -0.05) is 18.2 Å². The van der Waals surface area contributed by atoms with Crippen LogP contribution < -0.4 is 10.6 Å². The molecule has 3 saturated heterocycles. The van der Waals surface area contributed by atoms with Gasteiger partial charge in [-0.15, -0.1) is 0 Å². The Morgan fingerprint density at radius 3 is 2.77 bits per heavy atom. The maximum Gasteiger partial charge on any atom is 0.303 e. The lowest BCUT2D eigenvalue weighted by Crippen LogP contribution is -2.53. The number of nitrogens with one attached hydrogen (secondary N) is 2. The second kappa shape index (κ2) is 6.88. The third-order valence-electron chi connectivity index (χ3n) is 6.79. The van der Waals surface area contributed by atoms with Gasteiger partial charge >= 0.3 is 5.97 Å². The van der Waals surface area contributed by atoms with Crippen molar-refractivity contribution in [3.8, 4) is 0 Å². The predicted molar refractivity (Wildman–Crippen MR) is 103 cm³/mol. The van der Waals surface area contributed by atoms with E-state index in [1.54, 1.807) is 24.3 Å². The number of carboxylic acid groups (broad SMARTS) is 1. The lowest BCUT2D eigenvalue weighted by molar-refractivity contribution is -0.144. The van der Waals surface area contributed by atoms with Crippen molar-refractivity contribution in [1.82, 2.24) is 10.2 Å². The van der Waals surface area contributed by atoms with E-state index in [1.165, 1.54) is 4.90 Å². The molecule has 3 amide bonds. The molecule has 1 aromatic rings. The van der Waals surface area contributed by atoms with E-state index in [0.717, 1.165) is 12.8 Å². The first-order valence-corrected chi connectivity index (χ1v) is 10.3. The van der Waals surface area contributed by atoms with Crippen molar-refractivity contribution in [3.05, 3.63) is 29.8 Å². The first kappa shape index (κ1) is 19.2. The van der Waals surface area contributed by atoms with Crippen LogP contribution in [-0.2, 0) is 29.5 Å². The number of ether oxygens (including phenoxy) is 1. The maximum absolute atomic E-state index is 13.5. The molecule has 5 atom stereocenters. The van der Waals surface area contributed by atoms with Gasteiger partial charge in [0.05, 0.1) is 24.5 Å². The summed E-state index contributed by atoms with van der Waals surface area (Å²) < 4.78 is 5.62. The van der Waals surface area contributed by atoms with Gasteiger partial charge in [0, 0.05) is 30.3 Å². The summed E-state index contributed by atoms with van der Waals surface area (Å²) in [4.78, 5) is 52.4. The second-order valence-electron chi connectivity index (χ2n) is 8.42. The number of fused-ring (bicyclic) bond motifs is 4. The fraction of sp³-hybridized carbons (Fsp3) is 0.524. The quantitative estimate of drug-likeness (QED) is 0.599. The van der Waals surface area contributed by atoms with Gasteiger partial charge in [0.2, 0.25) is 17.7 Å². The number of carboxylic acids is 1. The topological polar surface area (TPSA) is 125 Å². The van der Waals surface area contributed by atoms with Crippen LogP contribution in [0, 0.1) is 11.8 Å². The maximum atomic E-state index is 13.5. The molecule has 3 N–H and O–H groups in total. The zero-order valence-corrected chi connectivity index (χ0v) is 16.3. The number of aliphatic carboxylic acids is 1. The average molecular weight is 413 g/mol. The number of carbonyl (C=O) groups is 4. The van der Waals surface area contributed by atoms with E-state index in [2.05, 4.69) is 10.6 Å². The van der Waals surface area contributed by atoms with Crippen molar-refractivity contribution in [1.29, 1.82) is 0 Å². The Morgan fingerprint density at radius 2 is 2.03 bits per heavy atom. The first-order valence-electron chi connectivity index (χ1n) is 10.3. The van der Waals surface area contributed by atoms with Gasteiger partial charge in [0.25, 0.3) is 0 Å². The van der Waals surface area contributed by atoms with Crippen LogP contribution in [0.3, 0.4) is 0 Å². The van der Waals surface area contributed by atoms with Gasteiger partial charge in [-0.2, -0.15) is 0 Å². The molecule has 5 rings (SSSR count). The van der Waals surface area contributed by atoms with Crippen LogP contribution in [0.1, 0.15) is 31.2 Å². The SMILES string of the molecule is O=C(O)CC[C@@H]1N[C@@]2(C(=O)Nc3ccccc32)[C@H]2C(=O)N(CC3CCCO3)C(=O)[C@@H]12. The number of hydrogen-bond donors (Lipinski definition) is 3. The van der Waals surface area contributed by atoms with Crippen LogP contribution in [0.5, 0.6) is 0 Å². The van der Waals surface area contributed by atoms with Crippen molar-refractivity contribution in [2.24, 2.45) is 11.8 Å². The minimum Gasteiger partial charge on any atom is -0.481 e. The Balaban J connectivity index is 1.55. The first-order chi connectivity index (χ1) is 14.4. The number of nitrogens with zero attached hydrogens (tertiary/aromatic N) is 1. The molecule has 0 radical (unpaired) electrons. The normalized spacial score (nSPS) is 34.5. The van der Waals surface area contributed by atoms with Gasteiger partial charge in [0.1, 0.15) is 5.54 Å². The van der Waals surface area contributed by atoms with E-state index in [1.807, 2.05) is 0 Å². The van der Waals surface area contributed by atoms with Crippen molar-refractivity contribution >= 4 is 29.4 Å².